The van der Waals surface area contributed by atoms with Crippen LogP contribution in [-0.2, 0) is 11.3 Å². The van der Waals surface area contributed by atoms with Crippen molar-refractivity contribution in [1.29, 1.82) is 0 Å². The maximum atomic E-state index is 12.7. The van der Waals surface area contributed by atoms with Gasteiger partial charge in [0, 0.05) is 12.1 Å². The standard InChI is InChI=1S/C21H22N2O5/c1-4-10-23(21(27)28-12-15-8-6-5-7-9-15)17-11-16(20(25)26)19(22)18(13(17)2)14(3)24/h4-9,11H,1,10,12,22H2,2-3H3,(H,25,26). The predicted octanol–water partition coefficient (Wildman–Crippen LogP) is 3.81. The minimum absolute atomic E-state index is 0.0483. The quantitative estimate of drug-likeness (QED) is 0.428. The zero-order valence-corrected chi connectivity index (χ0v) is 15.8. The minimum Gasteiger partial charge on any atom is -0.478 e. The number of nitrogen functional groups attached to an aromatic ring is 1. The van der Waals surface area contributed by atoms with E-state index in [9.17, 15) is 19.5 Å². The van der Waals surface area contributed by atoms with Crippen LogP contribution < -0.4 is 10.6 Å². The SMILES string of the molecule is C=CCN(C(=O)OCc1ccccc1)c1cc(C(=O)O)c(N)c(C(C)=O)c1C. The molecule has 146 valence electrons. The van der Waals surface area contributed by atoms with E-state index in [4.69, 9.17) is 10.5 Å². The molecule has 7 heteroatoms. The van der Waals surface area contributed by atoms with Crippen molar-refractivity contribution < 1.29 is 24.2 Å². The van der Waals surface area contributed by atoms with Crippen molar-refractivity contribution in [2.45, 2.75) is 20.5 Å². The van der Waals surface area contributed by atoms with Crippen molar-refractivity contribution in [2.75, 3.05) is 17.2 Å². The molecule has 2 aromatic rings. The second-order valence-electron chi connectivity index (χ2n) is 6.16. The third-order valence-electron chi connectivity index (χ3n) is 4.21. The second-order valence-corrected chi connectivity index (χ2v) is 6.16. The van der Waals surface area contributed by atoms with Gasteiger partial charge in [-0.2, -0.15) is 0 Å². The Labute approximate surface area is 163 Å². The molecule has 28 heavy (non-hydrogen) atoms. The molecule has 2 aromatic carbocycles. The number of amides is 1. The summed E-state index contributed by atoms with van der Waals surface area (Å²) >= 11 is 0. The van der Waals surface area contributed by atoms with Gasteiger partial charge < -0.3 is 15.6 Å². The average Bonchev–Trinajstić information content (AvgIpc) is 2.65. The highest BCUT2D eigenvalue weighted by molar-refractivity contribution is 6.09. The fraction of sp³-hybridized carbons (Fsp3) is 0.190. The zero-order valence-electron chi connectivity index (χ0n) is 15.8. The fourth-order valence-corrected chi connectivity index (χ4v) is 2.90. The molecule has 1 amide bonds. The molecule has 0 saturated carbocycles. The first-order chi connectivity index (χ1) is 13.3. The highest BCUT2D eigenvalue weighted by Crippen LogP contribution is 2.32. The van der Waals surface area contributed by atoms with Gasteiger partial charge in [-0.1, -0.05) is 36.4 Å². The molecule has 0 radical (unpaired) electrons. The topological polar surface area (TPSA) is 110 Å². The number of rotatable bonds is 7. The maximum absolute atomic E-state index is 12.7. The lowest BCUT2D eigenvalue weighted by molar-refractivity contribution is 0.0698. The zero-order chi connectivity index (χ0) is 20.8. The lowest BCUT2D eigenvalue weighted by Gasteiger charge is -2.25. The molecular formula is C21H22N2O5. The summed E-state index contributed by atoms with van der Waals surface area (Å²) in [5, 5.41) is 9.44. The van der Waals surface area contributed by atoms with E-state index in [0.717, 1.165) is 5.56 Å². The van der Waals surface area contributed by atoms with Gasteiger partial charge in [-0.05, 0) is 31.0 Å². The number of carboxylic acids is 1. The summed E-state index contributed by atoms with van der Waals surface area (Å²) < 4.78 is 5.36. The number of carbonyl (C=O) groups excluding carboxylic acids is 2. The highest BCUT2D eigenvalue weighted by atomic mass is 16.6. The first-order valence-electron chi connectivity index (χ1n) is 8.54. The van der Waals surface area contributed by atoms with Gasteiger partial charge in [0.2, 0.25) is 0 Å². The van der Waals surface area contributed by atoms with Crippen molar-refractivity contribution in [3.8, 4) is 0 Å². The number of benzene rings is 2. The van der Waals surface area contributed by atoms with Crippen LogP contribution in [-0.4, -0.2) is 29.5 Å². The number of hydrogen-bond donors (Lipinski definition) is 2. The van der Waals surface area contributed by atoms with E-state index in [2.05, 4.69) is 6.58 Å². The minimum atomic E-state index is -1.29. The Morgan fingerprint density at radius 1 is 1.25 bits per heavy atom. The molecular weight excluding hydrogens is 360 g/mol. The lowest BCUT2D eigenvalue weighted by atomic mass is 9.96. The van der Waals surface area contributed by atoms with Gasteiger partial charge in [0.05, 0.1) is 16.9 Å². The van der Waals surface area contributed by atoms with Gasteiger partial charge in [0.1, 0.15) is 6.61 Å². The predicted molar refractivity (Wildman–Crippen MR) is 107 cm³/mol. The monoisotopic (exact) mass is 382 g/mol. The normalized spacial score (nSPS) is 10.2. The molecule has 0 fully saturated rings. The maximum Gasteiger partial charge on any atom is 0.414 e. The summed E-state index contributed by atoms with van der Waals surface area (Å²) in [6.45, 7) is 6.64. The molecule has 7 nitrogen and oxygen atoms in total. The van der Waals surface area contributed by atoms with E-state index < -0.39 is 17.8 Å². The number of ether oxygens (including phenoxy) is 1. The number of ketones is 1. The van der Waals surface area contributed by atoms with Gasteiger partial charge in [0.25, 0.3) is 0 Å². The number of carbonyl (C=O) groups is 3. The molecule has 0 atom stereocenters. The van der Waals surface area contributed by atoms with Crippen LogP contribution in [0.3, 0.4) is 0 Å². The first kappa shape index (κ1) is 20.7. The molecule has 0 aliphatic rings. The van der Waals surface area contributed by atoms with E-state index in [-0.39, 0.29) is 35.7 Å². The van der Waals surface area contributed by atoms with Crippen LogP contribution in [0.25, 0.3) is 0 Å². The van der Waals surface area contributed by atoms with Crippen molar-refractivity contribution in [3.05, 3.63) is 71.3 Å². The van der Waals surface area contributed by atoms with Crippen molar-refractivity contribution in [3.63, 3.8) is 0 Å². The van der Waals surface area contributed by atoms with Crippen LogP contribution in [0.15, 0.2) is 49.1 Å². The molecule has 0 aromatic heterocycles. The lowest BCUT2D eigenvalue weighted by Crippen LogP contribution is -2.33. The summed E-state index contributed by atoms with van der Waals surface area (Å²) in [7, 11) is 0. The van der Waals surface area contributed by atoms with Gasteiger partial charge in [0.15, 0.2) is 5.78 Å². The van der Waals surface area contributed by atoms with Crippen molar-refractivity contribution in [1.82, 2.24) is 0 Å². The number of carboxylic acid groups (broad SMARTS) is 1. The molecule has 2 rings (SSSR count). The van der Waals surface area contributed by atoms with Crippen LogP contribution >= 0.6 is 0 Å². The molecule has 0 bridgehead atoms. The van der Waals surface area contributed by atoms with Crippen molar-refractivity contribution in [2.24, 2.45) is 0 Å². The summed E-state index contributed by atoms with van der Waals surface area (Å²) in [4.78, 5) is 37.5. The van der Waals surface area contributed by atoms with Crippen LogP contribution in [0.5, 0.6) is 0 Å². The molecule has 0 aliphatic carbocycles. The Morgan fingerprint density at radius 2 is 1.89 bits per heavy atom. The molecule has 0 heterocycles. The van der Waals surface area contributed by atoms with Crippen LogP contribution in [0.1, 0.15) is 38.8 Å². The van der Waals surface area contributed by atoms with Crippen LogP contribution in [0.4, 0.5) is 16.2 Å². The van der Waals surface area contributed by atoms with Crippen molar-refractivity contribution >= 4 is 29.2 Å². The van der Waals surface area contributed by atoms with Gasteiger partial charge >= 0.3 is 12.1 Å². The smallest absolute Gasteiger partial charge is 0.414 e. The van der Waals surface area contributed by atoms with Gasteiger partial charge in [-0.25, -0.2) is 9.59 Å². The largest absolute Gasteiger partial charge is 0.478 e. The Balaban J connectivity index is 2.46. The Kier molecular flexibility index (Phi) is 6.55. The number of nitrogens with zero attached hydrogens (tertiary/aromatic N) is 1. The van der Waals surface area contributed by atoms with Gasteiger partial charge in [-0.15, -0.1) is 6.58 Å². The summed E-state index contributed by atoms with van der Waals surface area (Å²) in [5.74, 6) is -1.69. The van der Waals surface area contributed by atoms with Crippen LogP contribution in [0.2, 0.25) is 0 Å². The number of Topliss-reactive ketones (excluding diaryl/α,β-unsaturated/α-hetero) is 1. The van der Waals surface area contributed by atoms with Crippen LogP contribution in [0, 0.1) is 6.92 Å². The summed E-state index contributed by atoms with van der Waals surface area (Å²) in [5.41, 5.74) is 7.00. The van der Waals surface area contributed by atoms with E-state index in [1.165, 1.54) is 24.0 Å². The molecule has 0 aliphatic heterocycles. The third-order valence-corrected chi connectivity index (χ3v) is 4.21. The average molecular weight is 382 g/mol. The second kappa shape index (κ2) is 8.85. The number of anilines is 2. The third kappa shape index (κ3) is 4.37. The van der Waals surface area contributed by atoms with E-state index >= 15 is 0 Å². The number of nitrogens with two attached hydrogens (primary N) is 1. The molecule has 0 saturated heterocycles. The highest BCUT2D eigenvalue weighted by Gasteiger charge is 2.26. The summed E-state index contributed by atoms with van der Waals surface area (Å²) in [6, 6.07) is 10.4. The summed E-state index contributed by atoms with van der Waals surface area (Å²) in [6.07, 6.45) is 0.787. The Morgan fingerprint density at radius 3 is 2.43 bits per heavy atom. The fourth-order valence-electron chi connectivity index (χ4n) is 2.90. The number of aromatic carboxylic acids is 1. The molecule has 0 unspecified atom stereocenters. The van der Waals surface area contributed by atoms with E-state index in [0.29, 0.717) is 5.56 Å². The Bertz CT molecular complexity index is 922. The number of hydrogen-bond acceptors (Lipinski definition) is 5. The molecule has 3 N–H and O–H groups in total. The van der Waals surface area contributed by atoms with E-state index in [1.54, 1.807) is 6.92 Å². The van der Waals surface area contributed by atoms with Gasteiger partial charge in [-0.3, -0.25) is 9.69 Å². The van der Waals surface area contributed by atoms with E-state index in [1.807, 2.05) is 30.3 Å². The molecule has 0 spiro atoms. The Hall–Kier alpha value is -3.61. The first-order valence-corrected chi connectivity index (χ1v) is 8.54.